The largest absolute Gasteiger partial charge is 0.493 e. The normalized spacial score (nSPS) is 12.8. The summed E-state index contributed by atoms with van der Waals surface area (Å²) >= 11 is 0. The van der Waals surface area contributed by atoms with Crippen LogP contribution in [0.3, 0.4) is 0 Å². The van der Waals surface area contributed by atoms with Gasteiger partial charge in [0.05, 0.1) is 19.9 Å². The minimum atomic E-state index is -0.292. The van der Waals surface area contributed by atoms with E-state index in [0.29, 0.717) is 28.6 Å². The highest BCUT2D eigenvalue weighted by atomic mass is 16.5. The summed E-state index contributed by atoms with van der Waals surface area (Å²) in [6.07, 6.45) is 3.09. The molecule has 0 saturated heterocycles. The summed E-state index contributed by atoms with van der Waals surface area (Å²) < 4.78 is 15.7. The van der Waals surface area contributed by atoms with Crippen LogP contribution in [0.4, 0.5) is 11.4 Å². The number of benzene rings is 2. The quantitative estimate of drug-likeness (QED) is 0.807. The Morgan fingerprint density at radius 2 is 1.96 bits per heavy atom. The zero-order chi connectivity index (χ0) is 18.5. The smallest absolute Gasteiger partial charge is 0.262 e. The molecular weight excluding hydrogens is 336 g/mol. The van der Waals surface area contributed by atoms with Gasteiger partial charge >= 0.3 is 0 Å². The van der Waals surface area contributed by atoms with Crippen molar-refractivity contribution in [3.63, 3.8) is 0 Å². The molecule has 0 spiro atoms. The van der Waals surface area contributed by atoms with Crippen LogP contribution in [-0.2, 0) is 9.59 Å². The van der Waals surface area contributed by atoms with Gasteiger partial charge in [-0.1, -0.05) is 6.07 Å². The molecule has 0 unspecified atom stereocenters. The Bertz CT molecular complexity index is 876. The maximum absolute atomic E-state index is 12.1. The van der Waals surface area contributed by atoms with Gasteiger partial charge in [0.15, 0.2) is 18.1 Å². The van der Waals surface area contributed by atoms with Gasteiger partial charge < -0.3 is 24.8 Å². The number of ether oxygens (including phenoxy) is 3. The summed E-state index contributed by atoms with van der Waals surface area (Å²) in [6.45, 7) is -0.0381. The third-order valence-electron chi connectivity index (χ3n) is 3.72. The van der Waals surface area contributed by atoms with Crippen LogP contribution in [0.5, 0.6) is 17.2 Å². The first kappa shape index (κ1) is 17.3. The topological polar surface area (TPSA) is 85.9 Å². The van der Waals surface area contributed by atoms with E-state index in [1.165, 1.54) is 6.08 Å². The first-order valence-electron chi connectivity index (χ1n) is 7.87. The molecule has 2 N–H and O–H groups in total. The summed E-state index contributed by atoms with van der Waals surface area (Å²) in [5.41, 5.74) is 1.95. The van der Waals surface area contributed by atoms with Gasteiger partial charge in [-0.2, -0.15) is 0 Å². The fraction of sp³-hybridized carbons (Fsp3) is 0.158. The molecule has 0 radical (unpaired) electrons. The predicted octanol–water partition coefficient (Wildman–Crippen LogP) is 2.69. The Labute approximate surface area is 150 Å². The van der Waals surface area contributed by atoms with Crippen molar-refractivity contribution in [3.8, 4) is 17.2 Å². The fourth-order valence-electron chi connectivity index (χ4n) is 2.46. The predicted molar refractivity (Wildman–Crippen MR) is 97.8 cm³/mol. The number of fused-ring (bicyclic) bond motifs is 1. The third kappa shape index (κ3) is 3.94. The number of carbonyl (C=O) groups excluding carboxylic acids is 2. The second-order valence-corrected chi connectivity index (χ2v) is 5.48. The highest BCUT2D eigenvalue weighted by Crippen LogP contribution is 2.31. The van der Waals surface area contributed by atoms with Gasteiger partial charge in [0.25, 0.3) is 5.91 Å². The van der Waals surface area contributed by atoms with E-state index in [0.717, 1.165) is 5.56 Å². The van der Waals surface area contributed by atoms with Crippen LogP contribution in [0.15, 0.2) is 42.5 Å². The van der Waals surface area contributed by atoms with Crippen molar-refractivity contribution >= 4 is 29.3 Å². The molecule has 0 aliphatic carbocycles. The second kappa shape index (κ2) is 7.60. The van der Waals surface area contributed by atoms with E-state index in [-0.39, 0.29) is 18.4 Å². The Morgan fingerprint density at radius 1 is 1.15 bits per heavy atom. The Morgan fingerprint density at radius 3 is 2.73 bits per heavy atom. The summed E-state index contributed by atoms with van der Waals surface area (Å²) in [5.74, 6) is 1.23. The fourth-order valence-corrected chi connectivity index (χ4v) is 2.46. The van der Waals surface area contributed by atoms with Crippen molar-refractivity contribution in [3.05, 3.63) is 48.0 Å². The first-order chi connectivity index (χ1) is 12.6. The van der Waals surface area contributed by atoms with Crippen molar-refractivity contribution in [1.82, 2.24) is 0 Å². The molecule has 1 aliphatic heterocycles. The van der Waals surface area contributed by atoms with E-state index < -0.39 is 0 Å². The number of hydrogen-bond donors (Lipinski definition) is 2. The number of methoxy groups -OCH3 is 2. The molecule has 2 amide bonds. The van der Waals surface area contributed by atoms with Crippen LogP contribution < -0.4 is 24.8 Å². The average Bonchev–Trinajstić information content (AvgIpc) is 2.66. The lowest BCUT2D eigenvalue weighted by atomic mass is 10.2. The molecule has 0 atom stereocenters. The SMILES string of the molecule is COc1ccc(/C=C/C(=O)Nc2ccc3c(c2)OCC(=O)N3)cc1OC. The van der Waals surface area contributed by atoms with E-state index in [1.807, 2.05) is 6.07 Å². The highest BCUT2D eigenvalue weighted by molar-refractivity contribution is 6.02. The molecule has 26 heavy (non-hydrogen) atoms. The number of carbonyl (C=O) groups is 2. The standard InChI is InChI=1S/C19H18N2O5/c1-24-15-7-3-12(9-17(15)25-2)4-8-18(22)20-13-5-6-14-16(10-13)26-11-19(23)21-14/h3-10H,11H2,1-2H3,(H,20,22)(H,21,23)/b8-4+. The summed E-state index contributed by atoms with van der Waals surface area (Å²) in [5, 5.41) is 5.44. The number of anilines is 2. The molecule has 1 aliphatic rings. The third-order valence-corrected chi connectivity index (χ3v) is 3.72. The van der Waals surface area contributed by atoms with Crippen LogP contribution in [0.1, 0.15) is 5.56 Å². The Kier molecular flexibility index (Phi) is 5.07. The lowest BCUT2D eigenvalue weighted by Gasteiger charge is -2.18. The molecule has 7 heteroatoms. The highest BCUT2D eigenvalue weighted by Gasteiger charge is 2.16. The lowest BCUT2D eigenvalue weighted by molar-refractivity contribution is -0.118. The van der Waals surface area contributed by atoms with Crippen molar-refractivity contribution in [2.75, 3.05) is 31.5 Å². The summed E-state index contributed by atoms with van der Waals surface area (Å²) in [7, 11) is 3.12. The van der Waals surface area contributed by atoms with Crippen LogP contribution in [0, 0.1) is 0 Å². The molecule has 134 valence electrons. The molecular formula is C19H18N2O5. The number of nitrogens with one attached hydrogen (secondary N) is 2. The van der Waals surface area contributed by atoms with Gasteiger partial charge in [0, 0.05) is 17.8 Å². The van der Waals surface area contributed by atoms with Gasteiger partial charge in [-0.15, -0.1) is 0 Å². The monoisotopic (exact) mass is 354 g/mol. The molecule has 0 bridgehead atoms. The van der Waals surface area contributed by atoms with Crippen molar-refractivity contribution in [1.29, 1.82) is 0 Å². The molecule has 0 fully saturated rings. The molecule has 0 saturated carbocycles. The van der Waals surface area contributed by atoms with E-state index in [1.54, 1.807) is 50.6 Å². The van der Waals surface area contributed by atoms with Crippen LogP contribution in [-0.4, -0.2) is 32.6 Å². The number of hydrogen-bond acceptors (Lipinski definition) is 5. The second-order valence-electron chi connectivity index (χ2n) is 5.48. The van der Waals surface area contributed by atoms with Gasteiger partial charge in [-0.3, -0.25) is 9.59 Å². The van der Waals surface area contributed by atoms with E-state index in [2.05, 4.69) is 10.6 Å². The van der Waals surface area contributed by atoms with Crippen molar-refractivity contribution in [2.24, 2.45) is 0 Å². The summed E-state index contributed by atoms with van der Waals surface area (Å²) in [6, 6.07) is 10.4. The van der Waals surface area contributed by atoms with Crippen molar-refractivity contribution in [2.45, 2.75) is 0 Å². The molecule has 2 aromatic carbocycles. The zero-order valence-electron chi connectivity index (χ0n) is 14.4. The minimum absolute atomic E-state index is 0.0381. The van der Waals surface area contributed by atoms with Gasteiger partial charge in [-0.05, 0) is 35.9 Å². The Balaban J connectivity index is 1.67. The van der Waals surface area contributed by atoms with Crippen LogP contribution >= 0.6 is 0 Å². The number of amides is 2. The molecule has 7 nitrogen and oxygen atoms in total. The van der Waals surface area contributed by atoms with Gasteiger partial charge in [0.1, 0.15) is 5.75 Å². The van der Waals surface area contributed by atoms with Crippen LogP contribution in [0.2, 0.25) is 0 Å². The minimum Gasteiger partial charge on any atom is -0.493 e. The van der Waals surface area contributed by atoms with Crippen LogP contribution in [0.25, 0.3) is 6.08 Å². The zero-order valence-corrected chi connectivity index (χ0v) is 14.4. The maximum Gasteiger partial charge on any atom is 0.262 e. The first-order valence-corrected chi connectivity index (χ1v) is 7.87. The van der Waals surface area contributed by atoms with E-state index in [9.17, 15) is 9.59 Å². The van der Waals surface area contributed by atoms with Gasteiger partial charge in [-0.25, -0.2) is 0 Å². The number of rotatable bonds is 5. The summed E-state index contributed by atoms with van der Waals surface area (Å²) in [4.78, 5) is 23.4. The van der Waals surface area contributed by atoms with E-state index in [4.69, 9.17) is 14.2 Å². The lowest BCUT2D eigenvalue weighted by Crippen LogP contribution is -2.25. The molecule has 0 aromatic heterocycles. The van der Waals surface area contributed by atoms with E-state index >= 15 is 0 Å². The Hall–Kier alpha value is -3.48. The van der Waals surface area contributed by atoms with Crippen molar-refractivity contribution < 1.29 is 23.8 Å². The van der Waals surface area contributed by atoms with Gasteiger partial charge in [0.2, 0.25) is 5.91 Å². The maximum atomic E-state index is 12.1. The molecule has 1 heterocycles. The molecule has 3 rings (SSSR count). The average molecular weight is 354 g/mol. The molecule has 2 aromatic rings.